The lowest BCUT2D eigenvalue weighted by atomic mass is 10.0. The summed E-state index contributed by atoms with van der Waals surface area (Å²) < 4.78 is 21.8. The Hall–Kier alpha value is -5.21. The first-order chi connectivity index (χ1) is 25.7. The number of carbonyl (C=O) groups is 6. The van der Waals surface area contributed by atoms with Gasteiger partial charge in [0, 0.05) is 28.2 Å². The van der Waals surface area contributed by atoms with Gasteiger partial charge in [-0.2, -0.15) is 0 Å². The van der Waals surface area contributed by atoms with Crippen LogP contribution in [-0.4, -0.2) is 95.2 Å². The van der Waals surface area contributed by atoms with Crippen molar-refractivity contribution in [3.8, 4) is 11.6 Å². The number of hydrogen-bond donors (Lipinski definition) is 3. The fourth-order valence-electron chi connectivity index (χ4n) is 6.71. The lowest BCUT2D eigenvalue weighted by Gasteiger charge is -2.30. The van der Waals surface area contributed by atoms with Crippen LogP contribution < -0.4 is 25.4 Å². The molecule has 5 atom stereocenters. The van der Waals surface area contributed by atoms with Crippen LogP contribution in [0.15, 0.2) is 42.6 Å². The molecule has 2 aliphatic heterocycles. The Labute approximate surface area is 319 Å². The minimum absolute atomic E-state index is 0. The second-order valence-corrected chi connectivity index (χ2v) is 15.5. The monoisotopic (exact) mass is 755 g/mol. The second kappa shape index (κ2) is 16.9. The van der Waals surface area contributed by atoms with Gasteiger partial charge in [0.2, 0.25) is 24.1 Å². The molecular formula is C39H57N5O10. The molecule has 1 saturated heterocycles. The van der Waals surface area contributed by atoms with Gasteiger partial charge in [-0.3, -0.25) is 29.3 Å². The van der Waals surface area contributed by atoms with Gasteiger partial charge in [-0.15, -0.1) is 0 Å². The number of methoxy groups -OCH3 is 1. The Bertz CT molecular complexity index is 1770. The number of carbonyl (C=O) groups excluding carboxylic acids is 6. The summed E-state index contributed by atoms with van der Waals surface area (Å²) >= 11 is 0. The number of rotatable bonds is 8. The molecule has 1 aromatic carbocycles. The van der Waals surface area contributed by atoms with E-state index in [4.69, 9.17) is 14.2 Å². The zero-order chi connectivity index (χ0) is 39.1. The highest BCUT2D eigenvalue weighted by Gasteiger charge is 2.61. The van der Waals surface area contributed by atoms with Crippen LogP contribution in [0.25, 0.3) is 10.8 Å². The molecule has 15 nitrogen and oxygen atoms in total. The number of allylic oxidation sites excluding steroid dienone is 1. The Morgan fingerprint density at radius 3 is 2.56 bits per heavy atom. The Balaban J connectivity index is 0.00000101. The number of nitrogens with zero attached hydrogens (tertiary/aromatic N) is 2. The van der Waals surface area contributed by atoms with Gasteiger partial charge in [-0.05, 0) is 95.9 Å². The number of benzene rings is 1. The highest BCUT2D eigenvalue weighted by atomic mass is 16.6. The molecule has 2 saturated carbocycles. The number of alkyl carbamates (subject to hydrolysis) is 1. The van der Waals surface area contributed by atoms with E-state index in [-0.39, 0.29) is 28.8 Å². The van der Waals surface area contributed by atoms with Gasteiger partial charge in [0.15, 0.2) is 0 Å². The molecule has 0 radical (unpaired) electrons. The third-order valence-corrected chi connectivity index (χ3v) is 10.0. The molecule has 6 rings (SSSR count). The summed E-state index contributed by atoms with van der Waals surface area (Å²) in [6, 6.07) is 5.34. The van der Waals surface area contributed by atoms with Crippen LogP contribution in [0.1, 0.15) is 89.8 Å². The normalized spacial score (nSPS) is 26.7. The van der Waals surface area contributed by atoms with E-state index in [0.29, 0.717) is 43.8 Å². The van der Waals surface area contributed by atoms with Crippen LogP contribution in [0.5, 0.6) is 11.6 Å². The average molecular weight is 756 g/mol. The third kappa shape index (κ3) is 10.1. The molecule has 3 fully saturated rings. The van der Waals surface area contributed by atoms with Gasteiger partial charge >= 0.3 is 6.09 Å². The number of hydrogen-bond acceptors (Lipinski definition) is 11. The van der Waals surface area contributed by atoms with Crippen LogP contribution in [-0.2, 0) is 33.4 Å². The maximum absolute atomic E-state index is 14.3. The standard InChI is InChI=1S/C34H43N5O8.C5H8O2.3H2/c1-33(2,3)47-32(44)37-26-11-9-7-5-6-8-10-22-18-34(22,31(43)36-20-40)38-28(41)27-17-24(19-39(27)30(26)42)46-29-25-13-12-23(45-4)16-21(25)14-15-35-29;1-5(2-3-5)7-4-6;;;/h8,10,12-16,20,22,24,26-27H,5-7,9,11,17-19H2,1-4H3,(H,37,44)(H,38,41)(H,36,40,43);4H,2-3H2,1H3;3*1H/b10-8-;;;;/t22-,24-,26+,27+,34-;;;;/m1..../s1. The number of imide groups is 1. The Morgan fingerprint density at radius 1 is 1.11 bits per heavy atom. The van der Waals surface area contributed by atoms with E-state index < -0.39 is 53.1 Å². The lowest BCUT2D eigenvalue weighted by molar-refractivity contribution is -0.141. The summed E-state index contributed by atoms with van der Waals surface area (Å²) in [4.78, 5) is 80.8. The van der Waals surface area contributed by atoms with Crippen LogP contribution in [0.2, 0.25) is 0 Å². The number of pyridine rings is 1. The van der Waals surface area contributed by atoms with Crippen LogP contribution in [0.4, 0.5) is 4.79 Å². The van der Waals surface area contributed by atoms with Crippen molar-refractivity contribution in [1.82, 2.24) is 25.8 Å². The largest absolute Gasteiger partial charge is 0.497 e. The van der Waals surface area contributed by atoms with Gasteiger partial charge in [-0.25, -0.2) is 9.78 Å². The van der Waals surface area contributed by atoms with Crippen LogP contribution in [0.3, 0.4) is 0 Å². The van der Waals surface area contributed by atoms with Gasteiger partial charge in [0.25, 0.3) is 12.4 Å². The first-order valence-electron chi connectivity index (χ1n) is 18.4. The molecule has 0 spiro atoms. The zero-order valence-electron chi connectivity index (χ0n) is 31.6. The molecule has 2 aliphatic carbocycles. The van der Waals surface area contributed by atoms with Gasteiger partial charge < -0.3 is 34.5 Å². The summed E-state index contributed by atoms with van der Waals surface area (Å²) in [7, 11) is 1.58. The van der Waals surface area contributed by atoms with Crippen molar-refractivity contribution >= 4 is 47.5 Å². The van der Waals surface area contributed by atoms with E-state index in [9.17, 15) is 28.8 Å². The molecule has 2 aromatic rings. The number of amides is 5. The second-order valence-electron chi connectivity index (χ2n) is 15.5. The molecule has 3 N–H and O–H groups in total. The number of ether oxygens (including phenoxy) is 4. The summed E-state index contributed by atoms with van der Waals surface area (Å²) in [5.74, 6) is -0.903. The summed E-state index contributed by atoms with van der Waals surface area (Å²) in [6.07, 6.45) is 10.3. The van der Waals surface area contributed by atoms with Crippen LogP contribution in [0, 0.1) is 5.92 Å². The van der Waals surface area contributed by atoms with E-state index in [1.807, 2.05) is 37.3 Å². The van der Waals surface area contributed by atoms with Crippen molar-refractivity contribution < 1.29 is 52.0 Å². The van der Waals surface area contributed by atoms with Crippen molar-refractivity contribution in [3.63, 3.8) is 0 Å². The van der Waals surface area contributed by atoms with Crippen molar-refractivity contribution in [3.05, 3.63) is 42.6 Å². The van der Waals surface area contributed by atoms with Crippen molar-refractivity contribution in [2.45, 2.75) is 120 Å². The van der Waals surface area contributed by atoms with E-state index in [0.717, 1.165) is 42.9 Å². The summed E-state index contributed by atoms with van der Waals surface area (Å²) in [5.41, 5.74) is -2.16. The summed E-state index contributed by atoms with van der Waals surface area (Å²) in [6.45, 7) is 7.70. The minimum Gasteiger partial charge on any atom is -0.497 e. The molecule has 1 aromatic heterocycles. The lowest BCUT2D eigenvalue weighted by Crippen LogP contribution is -2.57. The van der Waals surface area contributed by atoms with Gasteiger partial charge in [-0.1, -0.05) is 25.0 Å². The highest BCUT2D eigenvalue weighted by Crippen LogP contribution is 2.45. The van der Waals surface area contributed by atoms with Crippen molar-refractivity contribution in [2.24, 2.45) is 5.92 Å². The van der Waals surface area contributed by atoms with E-state index >= 15 is 0 Å². The molecule has 5 amide bonds. The fourth-order valence-corrected chi connectivity index (χ4v) is 6.71. The molecule has 4 aliphatic rings. The minimum atomic E-state index is -1.31. The van der Waals surface area contributed by atoms with Crippen LogP contribution >= 0.6 is 0 Å². The number of aromatic nitrogens is 1. The highest BCUT2D eigenvalue weighted by molar-refractivity contribution is 6.01. The smallest absolute Gasteiger partial charge is 0.408 e. The Morgan fingerprint density at radius 2 is 1.89 bits per heavy atom. The topological polar surface area (TPSA) is 192 Å². The zero-order valence-corrected chi connectivity index (χ0v) is 31.6. The van der Waals surface area contributed by atoms with Gasteiger partial charge in [0.05, 0.1) is 13.7 Å². The molecular weight excluding hydrogens is 698 g/mol. The molecule has 298 valence electrons. The molecule has 54 heavy (non-hydrogen) atoms. The fraction of sp³-hybridized carbons (Fsp3) is 0.564. The predicted octanol–water partition coefficient (Wildman–Crippen LogP) is 4.60. The Kier molecular flexibility index (Phi) is 12.5. The van der Waals surface area contributed by atoms with E-state index in [1.54, 1.807) is 40.1 Å². The molecule has 15 heteroatoms. The van der Waals surface area contributed by atoms with E-state index in [2.05, 4.69) is 25.7 Å². The SMILES string of the molecule is CC1(OC=O)CC1.COc1ccc2c(O[C@@H]3C[C@H]4C(=O)N[C@]5(C(=O)NC=O)C[C@H]5/C=C\CCCCC[C@H](NC(=O)OC(C)(C)C)C(=O)N4C3)nccc2c1.[HH].[HH].[HH]. The first-order valence-corrected chi connectivity index (χ1v) is 18.4. The van der Waals surface area contributed by atoms with E-state index in [1.165, 1.54) is 4.90 Å². The predicted molar refractivity (Wildman–Crippen MR) is 203 cm³/mol. The quantitative estimate of drug-likeness (QED) is 0.252. The maximum Gasteiger partial charge on any atom is 0.408 e. The van der Waals surface area contributed by atoms with Crippen molar-refractivity contribution in [2.75, 3.05) is 13.7 Å². The van der Waals surface area contributed by atoms with Crippen molar-refractivity contribution in [1.29, 1.82) is 0 Å². The third-order valence-electron chi connectivity index (χ3n) is 10.0. The average Bonchev–Trinajstić information content (AvgIpc) is 3.98. The summed E-state index contributed by atoms with van der Waals surface area (Å²) in [5, 5.41) is 9.38. The molecule has 0 unspecified atom stereocenters. The molecule has 0 bridgehead atoms. The maximum atomic E-state index is 14.3. The number of nitrogens with one attached hydrogen (secondary N) is 3. The number of fused-ring (bicyclic) bond motifs is 3. The first kappa shape index (κ1) is 40.0. The van der Waals surface area contributed by atoms with Gasteiger partial charge in [0.1, 0.15) is 40.7 Å². The molecule has 3 heterocycles.